The van der Waals surface area contributed by atoms with Crippen molar-refractivity contribution in [2.45, 2.75) is 276 Å². The second-order valence-electron chi connectivity index (χ2n) is 20.2. The van der Waals surface area contributed by atoms with Gasteiger partial charge < -0.3 is 28.6 Å². The summed E-state index contributed by atoms with van der Waals surface area (Å²) in [5.41, 5.74) is 0. The fraction of sp³-hybridized carbons (Fsp3) is 0.845. The van der Waals surface area contributed by atoms with Crippen molar-refractivity contribution in [3.8, 4) is 0 Å². The number of hydrogen-bond donors (Lipinski definition) is 0. The summed E-state index contributed by atoms with van der Waals surface area (Å²) >= 11 is 0. The molecule has 2 unspecified atom stereocenters. The molecule has 0 spiro atoms. The molecule has 66 heavy (non-hydrogen) atoms. The van der Waals surface area contributed by atoms with Crippen LogP contribution in [0.2, 0.25) is 0 Å². The van der Waals surface area contributed by atoms with Gasteiger partial charge >= 0.3 is 11.9 Å². The normalized spacial score (nSPS) is 13.0. The van der Waals surface area contributed by atoms with Gasteiger partial charge in [-0.05, 0) is 44.9 Å². The standard InChI is InChI=1S/C58H107NO7/c1-6-8-10-12-14-16-18-20-22-24-26-28-29-31-33-35-37-39-41-43-45-47-49-57(61)66-54(52-64-51-50-55(58(62)63)59(3,4)5)53-65-56(60)48-46-44-42-40-38-36-34-32-30-27-25-23-21-19-17-15-13-11-9-7-2/h9,11,15,17,21,23,54-55H,6-8,10,12-14,16,18-20,22,24-53H2,1-5H3/b11-9+,17-15+,23-21+. The number of carbonyl (C=O) groups excluding carboxylic acids is 3. The molecule has 386 valence electrons. The average molecular weight is 930 g/mol. The lowest BCUT2D eigenvalue weighted by atomic mass is 10.0. The molecule has 0 aliphatic heterocycles. The topological polar surface area (TPSA) is 102 Å². The molecule has 0 aliphatic rings. The van der Waals surface area contributed by atoms with Gasteiger partial charge in [0, 0.05) is 19.3 Å². The van der Waals surface area contributed by atoms with Crippen molar-refractivity contribution in [2.24, 2.45) is 0 Å². The minimum Gasteiger partial charge on any atom is -0.544 e. The van der Waals surface area contributed by atoms with Crippen LogP contribution in [0.4, 0.5) is 0 Å². The Morgan fingerprint density at radius 1 is 0.470 bits per heavy atom. The average Bonchev–Trinajstić information content (AvgIpc) is 3.28. The van der Waals surface area contributed by atoms with E-state index in [2.05, 4.69) is 50.3 Å². The Hall–Kier alpha value is -2.45. The summed E-state index contributed by atoms with van der Waals surface area (Å²) < 4.78 is 17.3. The monoisotopic (exact) mass is 930 g/mol. The van der Waals surface area contributed by atoms with Gasteiger partial charge in [0.25, 0.3) is 0 Å². The number of unbranched alkanes of at least 4 members (excludes halogenated alkanes) is 31. The molecule has 0 aromatic heterocycles. The lowest BCUT2D eigenvalue weighted by Crippen LogP contribution is -2.55. The number of likely N-dealkylation sites (N-methyl/N-ethyl adjacent to an activating group) is 1. The van der Waals surface area contributed by atoms with Crippen molar-refractivity contribution in [3.63, 3.8) is 0 Å². The Bertz CT molecular complexity index is 1170. The highest BCUT2D eigenvalue weighted by Crippen LogP contribution is 2.17. The summed E-state index contributed by atoms with van der Waals surface area (Å²) in [7, 11) is 5.43. The van der Waals surface area contributed by atoms with E-state index in [1.807, 2.05) is 21.1 Å². The Morgan fingerprint density at radius 3 is 1.26 bits per heavy atom. The molecule has 8 heteroatoms. The smallest absolute Gasteiger partial charge is 0.306 e. The Balaban J connectivity index is 4.15. The van der Waals surface area contributed by atoms with E-state index in [1.54, 1.807) is 0 Å². The van der Waals surface area contributed by atoms with E-state index in [4.69, 9.17) is 14.2 Å². The van der Waals surface area contributed by atoms with Crippen LogP contribution in [0.15, 0.2) is 36.5 Å². The number of nitrogens with zero attached hydrogens (tertiary/aromatic N) is 1. The largest absolute Gasteiger partial charge is 0.544 e. The molecule has 0 saturated heterocycles. The summed E-state index contributed by atoms with van der Waals surface area (Å²) in [6, 6.07) is -0.725. The summed E-state index contributed by atoms with van der Waals surface area (Å²) in [6.07, 6.45) is 59.0. The summed E-state index contributed by atoms with van der Waals surface area (Å²) in [6.45, 7) is 4.60. The quantitative estimate of drug-likeness (QED) is 0.0259. The van der Waals surface area contributed by atoms with Crippen molar-refractivity contribution >= 4 is 17.9 Å². The van der Waals surface area contributed by atoms with Crippen molar-refractivity contribution in [1.82, 2.24) is 0 Å². The third-order valence-electron chi connectivity index (χ3n) is 12.8. The zero-order chi connectivity index (χ0) is 48.4. The molecule has 0 N–H and O–H groups in total. The number of carbonyl (C=O) groups is 3. The highest BCUT2D eigenvalue weighted by Gasteiger charge is 2.25. The van der Waals surface area contributed by atoms with Crippen LogP contribution in [0.3, 0.4) is 0 Å². The van der Waals surface area contributed by atoms with Gasteiger partial charge in [-0.15, -0.1) is 0 Å². The SMILES string of the molecule is CC/C=C/C/C=C/C/C=C/CCCCCCCCCCCCC(=O)OCC(COCCC(C(=O)[O-])[N+](C)(C)C)OC(=O)CCCCCCCCCCCCCCCCCCCCCCCC. The number of carboxylic acids is 1. The van der Waals surface area contributed by atoms with E-state index in [0.29, 0.717) is 12.8 Å². The van der Waals surface area contributed by atoms with Crippen LogP contribution in [-0.2, 0) is 28.6 Å². The third kappa shape index (κ3) is 46.7. The molecule has 0 fully saturated rings. The zero-order valence-electron chi connectivity index (χ0n) is 44.1. The van der Waals surface area contributed by atoms with Crippen LogP contribution in [0.5, 0.6) is 0 Å². The maximum absolute atomic E-state index is 12.8. The molecule has 0 aliphatic carbocycles. The fourth-order valence-electron chi connectivity index (χ4n) is 8.50. The van der Waals surface area contributed by atoms with Gasteiger partial charge in [0.2, 0.25) is 0 Å². The van der Waals surface area contributed by atoms with E-state index in [0.717, 1.165) is 57.8 Å². The van der Waals surface area contributed by atoms with Crippen LogP contribution in [0.1, 0.15) is 264 Å². The van der Waals surface area contributed by atoms with E-state index in [9.17, 15) is 19.5 Å². The number of quaternary nitrogens is 1. The molecular formula is C58H107NO7. The Labute approximate surface area is 408 Å². The van der Waals surface area contributed by atoms with E-state index in [1.165, 1.54) is 173 Å². The van der Waals surface area contributed by atoms with Gasteiger partial charge in [0.1, 0.15) is 12.6 Å². The fourth-order valence-corrected chi connectivity index (χ4v) is 8.50. The maximum Gasteiger partial charge on any atom is 0.306 e. The van der Waals surface area contributed by atoms with Gasteiger partial charge in [-0.1, -0.05) is 237 Å². The lowest BCUT2D eigenvalue weighted by Gasteiger charge is -2.34. The molecule has 0 amide bonds. The van der Waals surface area contributed by atoms with Crippen LogP contribution in [0, 0.1) is 0 Å². The minimum absolute atomic E-state index is 0.0434. The number of hydrogen-bond acceptors (Lipinski definition) is 7. The second kappa shape index (κ2) is 49.0. The zero-order valence-corrected chi connectivity index (χ0v) is 44.1. The second-order valence-corrected chi connectivity index (χ2v) is 20.2. The molecule has 8 nitrogen and oxygen atoms in total. The molecule has 2 atom stereocenters. The van der Waals surface area contributed by atoms with Crippen LogP contribution >= 0.6 is 0 Å². The maximum atomic E-state index is 12.8. The summed E-state index contributed by atoms with van der Waals surface area (Å²) in [4.78, 5) is 37.1. The van der Waals surface area contributed by atoms with Crippen molar-refractivity contribution in [1.29, 1.82) is 0 Å². The molecule has 0 saturated carbocycles. The van der Waals surface area contributed by atoms with E-state index in [-0.39, 0.29) is 42.7 Å². The van der Waals surface area contributed by atoms with E-state index >= 15 is 0 Å². The van der Waals surface area contributed by atoms with Gasteiger partial charge in [0.15, 0.2) is 6.10 Å². The van der Waals surface area contributed by atoms with Gasteiger partial charge in [-0.25, -0.2) is 0 Å². The first-order valence-corrected chi connectivity index (χ1v) is 28.0. The first-order valence-electron chi connectivity index (χ1n) is 28.0. The Kier molecular flexibility index (Phi) is 47.2. The van der Waals surface area contributed by atoms with Crippen LogP contribution in [0.25, 0.3) is 0 Å². The summed E-state index contributed by atoms with van der Waals surface area (Å²) in [5, 5.41) is 11.7. The molecule has 0 rings (SSSR count). The van der Waals surface area contributed by atoms with Crippen molar-refractivity contribution in [2.75, 3.05) is 41.0 Å². The first-order chi connectivity index (χ1) is 32.1. The van der Waals surface area contributed by atoms with Gasteiger partial charge in [-0.3, -0.25) is 9.59 Å². The molecule has 0 bridgehead atoms. The highest BCUT2D eigenvalue weighted by molar-refractivity contribution is 5.70. The van der Waals surface area contributed by atoms with E-state index < -0.39 is 18.1 Å². The first kappa shape index (κ1) is 63.5. The predicted molar refractivity (Wildman–Crippen MR) is 277 cm³/mol. The van der Waals surface area contributed by atoms with Crippen molar-refractivity contribution < 1.29 is 38.2 Å². The molecule has 0 radical (unpaired) electrons. The van der Waals surface area contributed by atoms with Crippen molar-refractivity contribution in [3.05, 3.63) is 36.5 Å². The number of carboxylic acid groups (broad SMARTS) is 1. The molecule has 0 aromatic carbocycles. The number of ether oxygens (including phenoxy) is 3. The predicted octanol–water partition coefficient (Wildman–Crippen LogP) is 15.2. The molecule has 0 aromatic rings. The Morgan fingerprint density at radius 2 is 0.848 bits per heavy atom. The summed E-state index contributed by atoms with van der Waals surface area (Å²) in [5.74, 6) is -1.72. The number of aliphatic carboxylic acids is 1. The molecular weight excluding hydrogens is 823 g/mol. The number of allylic oxidation sites excluding steroid dienone is 6. The van der Waals surface area contributed by atoms with Crippen LogP contribution < -0.4 is 5.11 Å². The van der Waals surface area contributed by atoms with Crippen LogP contribution in [-0.4, -0.2) is 75.5 Å². The third-order valence-corrected chi connectivity index (χ3v) is 12.8. The highest BCUT2D eigenvalue weighted by atomic mass is 16.6. The van der Waals surface area contributed by atoms with Gasteiger partial charge in [0.05, 0.1) is 40.3 Å². The lowest BCUT2D eigenvalue weighted by molar-refractivity contribution is -0.889. The van der Waals surface area contributed by atoms with Gasteiger partial charge in [-0.2, -0.15) is 0 Å². The number of esters is 2. The molecule has 0 heterocycles. The number of rotatable bonds is 51. The minimum atomic E-state index is -1.12.